The standard InChI is InChI=1S/C12H24O5S2/c1-17-12(13)10-8-6-4-2-3-5-7-9-11-18-19(14,15)16/h2-11H2,1H3,(H,14,15,16). The molecular weight excluding hydrogens is 288 g/mol. The molecule has 0 unspecified atom stereocenters. The monoisotopic (exact) mass is 312 g/mol. The van der Waals surface area contributed by atoms with Gasteiger partial charge in [0.05, 0.1) is 7.11 Å². The molecule has 0 aromatic carbocycles. The second-order valence-corrected chi connectivity index (χ2v) is 7.87. The van der Waals surface area contributed by atoms with Crippen LogP contribution in [-0.4, -0.2) is 31.8 Å². The van der Waals surface area contributed by atoms with Gasteiger partial charge in [0.15, 0.2) is 0 Å². The number of rotatable bonds is 12. The van der Waals surface area contributed by atoms with Crippen LogP contribution in [0.4, 0.5) is 0 Å². The van der Waals surface area contributed by atoms with E-state index in [9.17, 15) is 13.2 Å². The van der Waals surface area contributed by atoms with E-state index in [2.05, 4.69) is 4.74 Å². The number of hydrogen-bond donors (Lipinski definition) is 1. The molecule has 5 nitrogen and oxygen atoms in total. The maximum atomic E-state index is 10.8. The molecule has 7 heteroatoms. The highest BCUT2D eigenvalue weighted by Crippen LogP contribution is 2.14. The molecule has 0 heterocycles. The van der Waals surface area contributed by atoms with Crippen molar-refractivity contribution in [2.75, 3.05) is 12.9 Å². The van der Waals surface area contributed by atoms with E-state index in [-0.39, 0.29) is 5.97 Å². The number of methoxy groups -OCH3 is 1. The Labute approximate surface area is 119 Å². The predicted octanol–water partition coefficient (Wildman–Crippen LogP) is 3.21. The van der Waals surface area contributed by atoms with E-state index in [4.69, 9.17) is 4.55 Å². The molecule has 0 spiro atoms. The highest BCUT2D eigenvalue weighted by molar-refractivity contribution is 8.69. The Hall–Kier alpha value is -0.270. The molecule has 0 aromatic heterocycles. The van der Waals surface area contributed by atoms with Crippen LogP contribution in [0.25, 0.3) is 0 Å². The van der Waals surface area contributed by atoms with Gasteiger partial charge >= 0.3 is 15.1 Å². The lowest BCUT2D eigenvalue weighted by Crippen LogP contribution is -1.99. The van der Waals surface area contributed by atoms with Gasteiger partial charge in [-0.1, -0.05) is 38.5 Å². The summed E-state index contributed by atoms with van der Waals surface area (Å²) < 4.78 is 33.9. The zero-order valence-corrected chi connectivity index (χ0v) is 13.1. The Kier molecular flexibility index (Phi) is 11.4. The summed E-state index contributed by atoms with van der Waals surface area (Å²) in [6.45, 7) is 0. The van der Waals surface area contributed by atoms with Crippen LogP contribution in [0.3, 0.4) is 0 Å². The largest absolute Gasteiger partial charge is 0.469 e. The first-order valence-electron chi connectivity index (χ1n) is 6.64. The fraction of sp³-hybridized carbons (Fsp3) is 0.917. The second-order valence-electron chi connectivity index (χ2n) is 4.40. The van der Waals surface area contributed by atoms with Crippen LogP contribution in [0.1, 0.15) is 57.8 Å². The minimum absolute atomic E-state index is 0.142. The number of ether oxygens (including phenoxy) is 1. The smallest absolute Gasteiger partial charge is 0.319 e. The molecule has 0 saturated heterocycles. The zero-order chi connectivity index (χ0) is 14.6. The Bertz CT molecular complexity index is 327. The molecule has 0 aliphatic heterocycles. The van der Waals surface area contributed by atoms with Crippen molar-refractivity contribution >= 4 is 25.9 Å². The van der Waals surface area contributed by atoms with Gasteiger partial charge in [-0.2, -0.15) is 8.42 Å². The van der Waals surface area contributed by atoms with Crippen LogP contribution >= 0.6 is 10.8 Å². The van der Waals surface area contributed by atoms with Gasteiger partial charge in [0.1, 0.15) is 0 Å². The molecule has 0 aliphatic rings. The zero-order valence-electron chi connectivity index (χ0n) is 11.5. The molecule has 114 valence electrons. The third kappa shape index (κ3) is 15.7. The molecule has 1 N–H and O–H groups in total. The lowest BCUT2D eigenvalue weighted by Gasteiger charge is -2.02. The molecule has 0 radical (unpaired) electrons. The van der Waals surface area contributed by atoms with Crippen LogP contribution < -0.4 is 0 Å². The lowest BCUT2D eigenvalue weighted by molar-refractivity contribution is -0.140. The molecule has 19 heavy (non-hydrogen) atoms. The maximum Gasteiger partial charge on any atom is 0.319 e. The quantitative estimate of drug-likeness (QED) is 0.258. The third-order valence-electron chi connectivity index (χ3n) is 2.74. The van der Waals surface area contributed by atoms with E-state index in [1.807, 2.05) is 0 Å². The molecular formula is C12H24O5S2. The minimum atomic E-state index is -3.86. The summed E-state index contributed by atoms with van der Waals surface area (Å²) in [6.07, 6.45) is 8.73. The van der Waals surface area contributed by atoms with E-state index < -0.39 is 9.15 Å². The molecule has 0 saturated carbocycles. The Morgan fingerprint density at radius 1 is 1.00 bits per heavy atom. The fourth-order valence-corrected chi connectivity index (χ4v) is 3.22. The van der Waals surface area contributed by atoms with Gasteiger partial charge in [0.25, 0.3) is 0 Å². The van der Waals surface area contributed by atoms with Gasteiger partial charge in [0.2, 0.25) is 0 Å². The van der Waals surface area contributed by atoms with Crippen molar-refractivity contribution in [3.63, 3.8) is 0 Å². The van der Waals surface area contributed by atoms with Crippen molar-refractivity contribution < 1.29 is 22.5 Å². The summed E-state index contributed by atoms with van der Waals surface area (Å²) in [4.78, 5) is 10.8. The first-order chi connectivity index (χ1) is 8.95. The Morgan fingerprint density at radius 3 is 1.95 bits per heavy atom. The summed E-state index contributed by atoms with van der Waals surface area (Å²) in [5.41, 5.74) is 0. The minimum Gasteiger partial charge on any atom is -0.469 e. The number of carbonyl (C=O) groups excluding carboxylic acids is 1. The topological polar surface area (TPSA) is 80.7 Å². The van der Waals surface area contributed by atoms with E-state index in [1.54, 1.807) is 0 Å². The average molecular weight is 312 g/mol. The summed E-state index contributed by atoms with van der Waals surface area (Å²) >= 11 is 0. The number of carbonyl (C=O) groups is 1. The molecule has 0 amide bonds. The van der Waals surface area contributed by atoms with E-state index in [0.29, 0.717) is 23.0 Å². The SMILES string of the molecule is COC(=O)CCCCCCCCCCSS(=O)(=O)O. The van der Waals surface area contributed by atoms with Crippen LogP contribution in [-0.2, 0) is 18.7 Å². The second kappa shape index (κ2) is 11.5. The van der Waals surface area contributed by atoms with Crippen LogP contribution in [0.2, 0.25) is 0 Å². The van der Waals surface area contributed by atoms with Crippen LogP contribution in [0.5, 0.6) is 0 Å². The van der Waals surface area contributed by atoms with Crippen molar-refractivity contribution in [1.29, 1.82) is 0 Å². The fourth-order valence-electron chi connectivity index (χ4n) is 1.70. The molecule has 0 fully saturated rings. The van der Waals surface area contributed by atoms with E-state index in [1.165, 1.54) is 7.11 Å². The normalized spacial score (nSPS) is 11.5. The summed E-state index contributed by atoms with van der Waals surface area (Å²) in [5.74, 6) is 0.314. The summed E-state index contributed by atoms with van der Waals surface area (Å²) in [5, 5.41) is 0. The van der Waals surface area contributed by atoms with Crippen molar-refractivity contribution in [2.24, 2.45) is 0 Å². The van der Waals surface area contributed by atoms with Crippen molar-refractivity contribution in [3.8, 4) is 0 Å². The Morgan fingerprint density at radius 2 is 1.47 bits per heavy atom. The van der Waals surface area contributed by atoms with E-state index >= 15 is 0 Å². The van der Waals surface area contributed by atoms with Gasteiger partial charge in [-0.25, -0.2) is 0 Å². The highest BCUT2D eigenvalue weighted by Gasteiger charge is 2.03. The number of esters is 1. The molecule has 0 atom stereocenters. The van der Waals surface area contributed by atoms with Gasteiger partial charge in [-0.15, -0.1) is 0 Å². The van der Waals surface area contributed by atoms with E-state index in [0.717, 1.165) is 51.4 Å². The average Bonchev–Trinajstić information content (AvgIpc) is 2.34. The first-order valence-corrected chi connectivity index (χ1v) is 9.58. The molecule has 0 rings (SSSR count). The predicted molar refractivity (Wildman–Crippen MR) is 77.6 cm³/mol. The van der Waals surface area contributed by atoms with Crippen LogP contribution in [0, 0.1) is 0 Å². The Balaban J connectivity index is 3.13. The van der Waals surface area contributed by atoms with Crippen molar-refractivity contribution in [1.82, 2.24) is 0 Å². The molecule has 0 bridgehead atoms. The van der Waals surface area contributed by atoms with Crippen LogP contribution in [0.15, 0.2) is 0 Å². The molecule has 0 aliphatic carbocycles. The van der Waals surface area contributed by atoms with Gasteiger partial charge in [-0.3, -0.25) is 9.35 Å². The number of hydrogen-bond acceptors (Lipinski definition) is 5. The third-order valence-corrected chi connectivity index (χ3v) is 4.88. The summed E-state index contributed by atoms with van der Waals surface area (Å²) in [7, 11) is -1.86. The lowest BCUT2D eigenvalue weighted by atomic mass is 10.1. The first kappa shape index (κ1) is 18.7. The highest BCUT2D eigenvalue weighted by atomic mass is 33.1. The van der Waals surface area contributed by atoms with Crippen molar-refractivity contribution in [2.45, 2.75) is 57.8 Å². The van der Waals surface area contributed by atoms with Gasteiger partial charge in [0, 0.05) is 12.2 Å². The number of unbranched alkanes of at least 4 members (excludes halogenated alkanes) is 7. The maximum absolute atomic E-state index is 10.8. The van der Waals surface area contributed by atoms with Gasteiger partial charge < -0.3 is 4.74 Å². The summed E-state index contributed by atoms with van der Waals surface area (Å²) in [6, 6.07) is 0. The molecule has 0 aromatic rings. The van der Waals surface area contributed by atoms with Gasteiger partial charge in [-0.05, 0) is 23.6 Å². The van der Waals surface area contributed by atoms with Crippen molar-refractivity contribution in [3.05, 3.63) is 0 Å².